The summed E-state index contributed by atoms with van der Waals surface area (Å²) in [4.78, 5) is 12.5. The highest BCUT2D eigenvalue weighted by Gasteiger charge is 2.28. The van der Waals surface area contributed by atoms with Crippen LogP contribution in [0.2, 0.25) is 0 Å². The molecule has 0 radical (unpaired) electrons. The Morgan fingerprint density at radius 1 is 0.510 bits per heavy atom. The highest BCUT2D eigenvalue weighted by Crippen LogP contribution is 2.15. The number of nitrogens with one attached hydrogen (secondary N) is 1. The van der Waals surface area contributed by atoms with Crippen molar-refractivity contribution in [1.82, 2.24) is 5.32 Å². The molecule has 5 N–H and O–H groups in total. The molecule has 4 atom stereocenters. The molecule has 6 heteroatoms. The van der Waals surface area contributed by atoms with Crippen LogP contribution < -0.4 is 5.32 Å². The van der Waals surface area contributed by atoms with E-state index >= 15 is 0 Å². The van der Waals surface area contributed by atoms with E-state index < -0.39 is 36.9 Å². The average molecular weight is 718 g/mol. The fraction of sp³-hybridized carbons (Fsp3) is 0.800. The van der Waals surface area contributed by atoms with Gasteiger partial charge in [0.2, 0.25) is 5.91 Å². The Bertz CT molecular complexity index is 854. The van der Waals surface area contributed by atoms with Crippen molar-refractivity contribution in [2.75, 3.05) is 6.61 Å². The first-order valence-corrected chi connectivity index (χ1v) is 21.5. The van der Waals surface area contributed by atoms with E-state index in [0.717, 1.165) is 51.4 Å². The number of hydrogen-bond acceptors (Lipinski definition) is 5. The SMILES string of the molecule is CC/C=C/CC/C=C/CCCC(O)C(O)C(CO)NC(=O)C(O)CCCCCCCCCCCC/C=C\C/C=C\CCCCCCCCCCC. The molecule has 0 rings (SSSR count). The molecule has 0 fully saturated rings. The number of allylic oxidation sites excluding steroid dienone is 8. The van der Waals surface area contributed by atoms with Gasteiger partial charge in [0.05, 0.1) is 18.8 Å². The van der Waals surface area contributed by atoms with Crippen molar-refractivity contribution in [3.8, 4) is 0 Å². The summed E-state index contributed by atoms with van der Waals surface area (Å²) < 4.78 is 0. The Labute approximate surface area is 315 Å². The van der Waals surface area contributed by atoms with Crippen LogP contribution in [0.3, 0.4) is 0 Å². The fourth-order valence-corrected chi connectivity index (χ4v) is 6.34. The molecule has 0 aromatic heterocycles. The molecular weight excluding hydrogens is 634 g/mol. The van der Waals surface area contributed by atoms with E-state index in [-0.39, 0.29) is 0 Å². The lowest BCUT2D eigenvalue weighted by Gasteiger charge is -2.27. The van der Waals surface area contributed by atoms with Crippen molar-refractivity contribution < 1.29 is 25.2 Å². The second kappa shape index (κ2) is 39.5. The molecule has 0 aliphatic heterocycles. The Morgan fingerprint density at radius 3 is 1.45 bits per heavy atom. The Kier molecular flexibility index (Phi) is 38.1. The molecule has 6 nitrogen and oxygen atoms in total. The number of carbonyl (C=O) groups is 1. The van der Waals surface area contributed by atoms with Crippen molar-refractivity contribution in [3.05, 3.63) is 48.6 Å². The lowest BCUT2D eigenvalue weighted by molar-refractivity contribution is -0.132. The number of amides is 1. The predicted molar refractivity (Wildman–Crippen MR) is 219 cm³/mol. The number of aliphatic hydroxyl groups excluding tert-OH is 4. The number of rotatable bonds is 38. The van der Waals surface area contributed by atoms with Crippen LogP contribution in [-0.4, -0.2) is 57.3 Å². The quantitative estimate of drug-likeness (QED) is 0.0323. The van der Waals surface area contributed by atoms with Gasteiger partial charge in [-0.3, -0.25) is 4.79 Å². The maximum Gasteiger partial charge on any atom is 0.249 e. The molecule has 4 unspecified atom stereocenters. The Balaban J connectivity index is 3.69. The summed E-state index contributed by atoms with van der Waals surface area (Å²) in [7, 11) is 0. The van der Waals surface area contributed by atoms with Crippen molar-refractivity contribution in [3.63, 3.8) is 0 Å². The summed E-state index contributed by atoms with van der Waals surface area (Å²) in [5.74, 6) is -0.604. The van der Waals surface area contributed by atoms with E-state index in [1.807, 2.05) is 0 Å². The molecule has 51 heavy (non-hydrogen) atoms. The van der Waals surface area contributed by atoms with Crippen LogP contribution in [0.5, 0.6) is 0 Å². The molecule has 0 saturated heterocycles. The minimum absolute atomic E-state index is 0.354. The second-order valence-corrected chi connectivity index (χ2v) is 14.6. The van der Waals surface area contributed by atoms with Gasteiger partial charge in [0.15, 0.2) is 0 Å². The van der Waals surface area contributed by atoms with Gasteiger partial charge < -0.3 is 25.7 Å². The molecule has 0 aromatic carbocycles. The first kappa shape index (κ1) is 49.3. The number of aliphatic hydroxyl groups is 4. The maximum atomic E-state index is 12.5. The van der Waals surface area contributed by atoms with Crippen LogP contribution in [0.15, 0.2) is 48.6 Å². The van der Waals surface area contributed by atoms with Gasteiger partial charge in [0, 0.05) is 0 Å². The molecule has 0 spiro atoms. The van der Waals surface area contributed by atoms with Crippen molar-refractivity contribution in [2.24, 2.45) is 0 Å². The first-order valence-electron chi connectivity index (χ1n) is 21.5. The summed E-state index contributed by atoms with van der Waals surface area (Å²) in [5.41, 5.74) is 0. The summed E-state index contributed by atoms with van der Waals surface area (Å²) in [5, 5.41) is 43.4. The van der Waals surface area contributed by atoms with E-state index in [4.69, 9.17) is 0 Å². The number of hydrogen-bond donors (Lipinski definition) is 5. The molecule has 298 valence electrons. The molecule has 0 heterocycles. The summed E-state index contributed by atoms with van der Waals surface area (Å²) in [6, 6.07) is -1.01. The number of unbranched alkanes of at least 4 members (excludes halogenated alkanes) is 21. The van der Waals surface area contributed by atoms with Gasteiger partial charge in [-0.1, -0.05) is 172 Å². The van der Waals surface area contributed by atoms with Crippen molar-refractivity contribution in [1.29, 1.82) is 0 Å². The third-order valence-electron chi connectivity index (χ3n) is 9.75. The molecule has 0 aromatic rings. The molecule has 1 amide bonds. The minimum atomic E-state index is -1.29. The first-order chi connectivity index (χ1) is 25.0. The fourth-order valence-electron chi connectivity index (χ4n) is 6.34. The average Bonchev–Trinajstić information content (AvgIpc) is 3.13. The van der Waals surface area contributed by atoms with Gasteiger partial charge in [0.25, 0.3) is 0 Å². The minimum Gasteiger partial charge on any atom is -0.394 e. The molecule has 0 bridgehead atoms. The number of carbonyl (C=O) groups excluding carboxylic acids is 1. The largest absolute Gasteiger partial charge is 0.394 e. The van der Waals surface area contributed by atoms with Crippen LogP contribution in [0, 0.1) is 0 Å². The van der Waals surface area contributed by atoms with Gasteiger partial charge in [-0.25, -0.2) is 0 Å². The molecular formula is C45H83NO5. The third kappa shape index (κ3) is 33.8. The van der Waals surface area contributed by atoms with Crippen LogP contribution in [0.1, 0.15) is 200 Å². The second-order valence-electron chi connectivity index (χ2n) is 14.6. The van der Waals surface area contributed by atoms with E-state index in [1.54, 1.807) is 0 Å². The Hall–Kier alpha value is -1.73. The van der Waals surface area contributed by atoms with E-state index in [9.17, 15) is 25.2 Å². The van der Waals surface area contributed by atoms with Crippen molar-refractivity contribution in [2.45, 2.75) is 224 Å². The highest BCUT2D eigenvalue weighted by molar-refractivity contribution is 5.80. The van der Waals surface area contributed by atoms with E-state index in [1.165, 1.54) is 116 Å². The standard InChI is InChI=1S/C45H83NO5/c1-3-5-7-9-11-13-14-15-16-17-18-19-20-21-22-23-24-25-26-27-28-29-31-33-35-37-39-43(49)45(51)46-41(40-47)44(50)42(48)38-36-34-32-30-12-10-8-6-4-2/h6,8,18-19,21-22,30,32,41-44,47-50H,3-5,7,9-17,20,23-29,31,33-40H2,1-2H3,(H,46,51)/b8-6+,19-18-,22-21-,32-30+. The zero-order valence-corrected chi connectivity index (χ0v) is 33.3. The van der Waals surface area contributed by atoms with Crippen molar-refractivity contribution >= 4 is 5.91 Å². The zero-order chi connectivity index (χ0) is 37.5. The summed E-state index contributed by atoms with van der Waals surface area (Å²) in [6.07, 6.45) is 47.4. The normalized spacial score (nSPS) is 14.7. The molecule has 0 aliphatic rings. The zero-order valence-electron chi connectivity index (χ0n) is 33.3. The van der Waals surface area contributed by atoms with Crippen LogP contribution in [0.4, 0.5) is 0 Å². The van der Waals surface area contributed by atoms with E-state index in [0.29, 0.717) is 19.3 Å². The smallest absolute Gasteiger partial charge is 0.249 e. The van der Waals surface area contributed by atoms with Gasteiger partial charge in [0.1, 0.15) is 12.2 Å². The van der Waals surface area contributed by atoms with Gasteiger partial charge >= 0.3 is 0 Å². The summed E-state index contributed by atoms with van der Waals surface area (Å²) >= 11 is 0. The predicted octanol–water partition coefficient (Wildman–Crippen LogP) is 11.1. The van der Waals surface area contributed by atoms with Gasteiger partial charge in [-0.05, 0) is 77.0 Å². The highest BCUT2D eigenvalue weighted by atomic mass is 16.3. The lowest BCUT2D eigenvalue weighted by Crippen LogP contribution is -2.53. The van der Waals surface area contributed by atoms with Gasteiger partial charge in [-0.15, -0.1) is 0 Å². The van der Waals surface area contributed by atoms with E-state index in [2.05, 4.69) is 67.8 Å². The molecule has 0 saturated carbocycles. The van der Waals surface area contributed by atoms with Crippen LogP contribution >= 0.6 is 0 Å². The Morgan fingerprint density at radius 2 is 0.941 bits per heavy atom. The van der Waals surface area contributed by atoms with Gasteiger partial charge in [-0.2, -0.15) is 0 Å². The van der Waals surface area contributed by atoms with Crippen LogP contribution in [0.25, 0.3) is 0 Å². The molecule has 0 aliphatic carbocycles. The lowest BCUT2D eigenvalue weighted by atomic mass is 10.00. The monoisotopic (exact) mass is 718 g/mol. The van der Waals surface area contributed by atoms with Crippen LogP contribution in [-0.2, 0) is 4.79 Å². The summed E-state index contributed by atoms with van der Waals surface area (Å²) in [6.45, 7) is 3.89. The topological polar surface area (TPSA) is 110 Å². The third-order valence-corrected chi connectivity index (χ3v) is 9.75. The maximum absolute atomic E-state index is 12.5.